The highest BCUT2D eigenvalue weighted by molar-refractivity contribution is 7.89. The largest absolute Gasteiger partial charge is 0.495 e. The second-order valence-electron chi connectivity index (χ2n) is 7.16. The van der Waals surface area contributed by atoms with Crippen molar-refractivity contribution in [1.29, 1.82) is 0 Å². The highest BCUT2D eigenvalue weighted by Crippen LogP contribution is 2.35. The third-order valence-corrected chi connectivity index (χ3v) is 7.39. The summed E-state index contributed by atoms with van der Waals surface area (Å²) in [4.78, 5) is 4.45. The van der Waals surface area contributed by atoms with E-state index >= 15 is 0 Å². The fraction of sp³-hybridized carbons (Fsp3) is 0.333. The summed E-state index contributed by atoms with van der Waals surface area (Å²) < 4.78 is 39.4. The number of hydrogen-bond acceptors (Lipinski definition) is 6. The monoisotopic (exact) mass is 447 g/mol. The zero-order valence-corrected chi connectivity index (χ0v) is 18.1. The number of hydrogen-bond donors (Lipinski definition) is 0. The van der Waals surface area contributed by atoms with Crippen LogP contribution < -0.4 is 4.74 Å². The molecule has 0 radical (unpaired) electrons. The van der Waals surface area contributed by atoms with Crippen molar-refractivity contribution in [2.45, 2.75) is 43.2 Å². The number of sulfonamides is 1. The highest BCUT2D eigenvalue weighted by Gasteiger charge is 2.36. The molecule has 1 heterocycles. The molecular formula is C21H22ClN3O4S. The molecule has 30 heavy (non-hydrogen) atoms. The molecule has 0 amide bonds. The van der Waals surface area contributed by atoms with Crippen molar-refractivity contribution in [3.8, 4) is 17.1 Å². The van der Waals surface area contributed by atoms with Crippen LogP contribution in [0.25, 0.3) is 11.4 Å². The Morgan fingerprint density at radius 2 is 1.90 bits per heavy atom. The van der Waals surface area contributed by atoms with Gasteiger partial charge in [-0.3, -0.25) is 0 Å². The van der Waals surface area contributed by atoms with Crippen molar-refractivity contribution in [1.82, 2.24) is 14.4 Å². The number of aromatic nitrogens is 2. The van der Waals surface area contributed by atoms with Crippen molar-refractivity contribution < 1.29 is 17.7 Å². The summed E-state index contributed by atoms with van der Waals surface area (Å²) in [5.41, 5.74) is 0.805. The van der Waals surface area contributed by atoms with Gasteiger partial charge in [-0.25, -0.2) is 8.42 Å². The molecule has 0 atom stereocenters. The molecule has 2 aromatic carbocycles. The van der Waals surface area contributed by atoms with Crippen LogP contribution in [-0.2, 0) is 16.6 Å². The maximum absolute atomic E-state index is 13.6. The third kappa shape index (κ3) is 4.21. The number of halogens is 1. The molecule has 7 nitrogen and oxygen atoms in total. The molecule has 0 spiro atoms. The zero-order chi connectivity index (χ0) is 21.1. The molecule has 1 aliphatic rings. The predicted octanol–water partition coefficient (Wildman–Crippen LogP) is 4.53. The lowest BCUT2D eigenvalue weighted by Crippen LogP contribution is -2.38. The maximum Gasteiger partial charge on any atom is 0.247 e. The molecule has 3 aromatic rings. The van der Waals surface area contributed by atoms with E-state index in [1.807, 2.05) is 30.3 Å². The fourth-order valence-corrected chi connectivity index (χ4v) is 5.79. The fourth-order valence-electron chi connectivity index (χ4n) is 3.74. The Morgan fingerprint density at radius 3 is 2.60 bits per heavy atom. The van der Waals surface area contributed by atoms with Crippen LogP contribution in [0.15, 0.2) is 57.9 Å². The van der Waals surface area contributed by atoms with E-state index in [2.05, 4.69) is 10.1 Å². The van der Waals surface area contributed by atoms with Gasteiger partial charge >= 0.3 is 0 Å². The van der Waals surface area contributed by atoms with Crippen LogP contribution in [0.3, 0.4) is 0 Å². The van der Waals surface area contributed by atoms with E-state index in [-0.39, 0.29) is 29.1 Å². The van der Waals surface area contributed by atoms with Crippen LogP contribution in [0.4, 0.5) is 0 Å². The number of ether oxygens (including phenoxy) is 1. The summed E-state index contributed by atoms with van der Waals surface area (Å²) in [6.45, 7) is -0.0114. The Balaban J connectivity index is 1.69. The Morgan fingerprint density at radius 1 is 1.17 bits per heavy atom. The molecule has 1 saturated carbocycles. The molecule has 0 saturated heterocycles. The molecule has 1 aliphatic carbocycles. The molecule has 9 heteroatoms. The van der Waals surface area contributed by atoms with Gasteiger partial charge in [0.2, 0.25) is 21.7 Å². The van der Waals surface area contributed by atoms with Gasteiger partial charge in [0.15, 0.2) is 0 Å². The maximum atomic E-state index is 13.6. The highest BCUT2D eigenvalue weighted by atomic mass is 35.5. The van der Waals surface area contributed by atoms with Crippen LogP contribution in [0.2, 0.25) is 5.02 Å². The van der Waals surface area contributed by atoms with Gasteiger partial charge < -0.3 is 9.26 Å². The first-order chi connectivity index (χ1) is 14.5. The number of rotatable bonds is 7. The van der Waals surface area contributed by atoms with Crippen molar-refractivity contribution in [3.63, 3.8) is 0 Å². The van der Waals surface area contributed by atoms with Gasteiger partial charge in [-0.15, -0.1) is 0 Å². The van der Waals surface area contributed by atoms with Crippen LogP contribution in [0, 0.1) is 0 Å². The lowest BCUT2D eigenvalue weighted by atomic mass is 10.2. The normalized spacial score (nSPS) is 15.0. The minimum Gasteiger partial charge on any atom is -0.495 e. The molecule has 0 unspecified atom stereocenters. The quantitative estimate of drug-likeness (QED) is 0.528. The number of nitrogens with zero attached hydrogens (tertiary/aromatic N) is 3. The average Bonchev–Trinajstić information content (AvgIpc) is 3.45. The van der Waals surface area contributed by atoms with E-state index in [0.717, 1.165) is 31.2 Å². The predicted molar refractivity (Wildman–Crippen MR) is 113 cm³/mol. The van der Waals surface area contributed by atoms with Crippen LogP contribution >= 0.6 is 11.6 Å². The van der Waals surface area contributed by atoms with Gasteiger partial charge in [0.25, 0.3) is 0 Å². The van der Waals surface area contributed by atoms with Crippen molar-refractivity contribution in [2.24, 2.45) is 0 Å². The van der Waals surface area contributed by atoms with Crippen molar-refractivity contribution in [3.05, 3.63) is 59.4 Å². The SMILES string of the molecule is COc1ccc(Cl)cc1S(=O)(=O)N(Cc1nc(-c2ccccc2)no1)C1CCCC1. The second kappa shape index (κ2) is 8.75. The van der Waals surface area contributed by atoms with Gasteiger partial charge in [0.1, 0.15) is 10.6 Å². The summed E-state index contributed by atoms with van der Waals surface area (Å²) >= 11 is 6.10. The molecule has 158 valence electrons. The van der Waals surface area contributed by atoms with Gasteiger partial charge in [0, 0.05) is 16.6 Å². The van der Waals surface area contributed by atoms with Crippen molar-refractivity contribution >= 4 is 21.6 Å². The average molecular weight is 448 g/mol. The molecule has 0 N–H and O–H groups in total. The first-order valence-corrected chi connectivity index (χ1v) is 11.5. The van der Waals surface area contributed by atoms with Crippen LogP contribution in [0.1, 0.15) is 31.6 Å². The Hall–Kier alpha value is -2.42. The standard InChI is InChI=1S/C21H22ClN3O4S/c1-28-18-12-11-16(22)13-19(18)30(26,27)25(17-9-5-6-10-17)14-20-23-21(24-29-20)15-7-3-2-4-8-15/h2-4,7-8,11-13,17H,5-6,9-10,14H2,1H3. The molecule has 4 rings (SSSR count). The number of benzene rings is 2. The second-order valence-corrected chi connectivity index (χ2v) is 9.46. The zero-order valence-electron chi connectivity index (χ0n) is 16.5. The summed E-state index contributed by atoms with van der Waals surface area (Å²) in [5.74, 6) is 0.915. The van der Waals surface area contributed by atoms with E-state index in [1.165, 1.54) is 17.5 Å². The Kier molecular flexibility index (Phi) is 6.08. The van der Waals surface area contributed by atoms with Crippen LogP contribution in [0.5, 0.6) is 5.75 Å². The van der Waals surface area contributed by atoms with E-state index in [4.69, 9.17) is 20.9 Å². The van der Waals surface area contributed by atoms with Crippen LogP contribution in [-0.4, -0.2) is 36.0 Å². The molecule has 1 aromatic heterocycles. The van der Waals surface area contributed by atoms with Gasteiger partial charge in [-0.05, 0) is 31.0 Å². The summed E-state index contributed by atoms with van der Waals surface area (Å²) in [6, 6.07) is 13.8. The minimum atomic E-state index is -3.91. The van der Waals surface area contributed by atoms with Gasteiger partial charge in [0.05, 0.1) is 13.7 Å². The number of methoxy groups -OCH3 is 1. The molecular weight excluding hydrogens is 426 g/mol. The minimum absolute atomic E-state index is 0.0114. The topological polar surface area (TPSA) is 85.5 Å². The van der Waals surface area contributed by atoms with E-state index in [1.54, 1.807) is 12.1 Å². The smallest absolute Gasteiger partial charge is 0.247 e. The molecule has 1 fully saturated rings. The molecule has 0 aliphatic heterocycles. The summed E-state index contributed by atoms with van der Waals surface area (Å²) in [5, 5.41) is 4.34. The Bertz CT molecular complexity index is 1110. The lowest BCUT2D eigenvalue weighted by Gasteiger charge is -2.27. The first kappa shape index (κ1) is 20.8. The lowest BCUT2D eigenvalue weighted by molar-refractivity contribution is 0.267. The van der Waals surface area contributed by atoms with Gasteiger partial charge in [-0.1, -0.05) is 59.9 Å². The Labute approximate surface area is 180 Å². The van der Waals surface area contributed by atoms with E-state index in [9.17, 15) is 8.42 Å². The van der Waals surface area contributed by atoms with Crippen molar-refractivity contribution in [2.75, 3.05) is 7.11 Å². The van der Waals surface area contributed by atoms with E-state index < -0.39 is 10.0 Å². The first-order valence-electron chi connectivity index (χ1n) is 9.72. The van der Waals surface area contributed by atoms with Gasteiger partial charge in [-0.2, -0.15) is 9.29 Å². The molecule has 0 bridgehead atoms. The third-order valence-electron chi connectivity index (χ3n) is 5.24. The summed E-state index contributed by atoms with van der Waals surface area (Å²) in [7, 11) is -2.47. The summed E-state index contributed by atoms with van der Waals surface area (Å²) in [6.07, 6.45) is 3.51. The van der Waals surface area contributed by atoms with E-state index in [0.29, 0.717) is 10.8 Å².